The normalized spacial score (nSPS) is 14.6. The number of halogens is 3. The molecule has 0 aliphatic carbocycles. The topological polar surface area (TPSA) is 84.6 Å². The number of piperazine rings is 1. The summed E-state index contributed by atoms with van der Waals surface area (Å²) in [5.74, 6) is -1.25. The van der Waals surface area contributed by atoms with Crippen molar-refractivity contribution in [3.63, 3.8) is 0 Å². The van der Waals surface area contributed by atoms with Crippen molar-refractivity contribution in [1.29, 1.82) is 0 Å². The van der Waals surface area contributed by atoms with E-state index in [1.165, 1.54) is 17.5 Å². The second-order valence-electron chi connectivity index (χ2n) is 7.31. The minimum absolute atomic E-state index is 0.0375. The molecule has 11 heteroatoms. The van der Waals surface area contributed by atoms with Crippen LogP contribution < -0.4 is 10.5 Å². The molecule has 0 atom stereocenters. The van der Waals surface area contributed by atoms with Crippen LogP contribution in [0.3, 0.4) is 0 Å². The van der Waals surface area contributed by atoms with Gasteiger partial charge in [0, 0.05) is 31.7 Å². The van der Waals surface area contributed by atoms with Gasteiger partial charge in [-0.25, -0.2) is 18.7 Å². The van der Waals surface area contributed by atoms with Crippen molar-refractivity contribution in [3.8, 4) is 16.5 Å². The molecule has 1 fully saturated rings. The van der Waals surface area contributed by atoms with Gasteiger partial charge in [0.15, 0.2) is 5.82 Å². The van der Waals surface area contributed by atoms with E-state index < -0.39 is 11.6 Å². The molecule has 1 saturated heterocycles. The van der Waals surface area contributed by atoms with E-state index in [4.69, 9.17) is 22.1 Å². The molecule has 1 aromatic carbocycles. The van der Waals surface area contributed by atoms with Crippen LogP contribution >= 0.6 is 22.9 Å². The number of benzene rings is 1. The van der Waals surface area contributed by atoms with Gasteiger partial charge in [0.2, 0.25) is 5.88 Å². The Balaban J connectivity index is 1.51. The molecule has 1 amide bonds. The zero-order valence-corrected chi connectivity index (χ0v) is 18.7. The number of anilines is 1. The van der Waals surface area contributed by atoms with Crippen LogP contribution in [0, 0.1) is 11.6 Å². The van der Waals surface area contributed by atoms with Crippen LogP contribution in [0.25, 0.3) is 10.6 Å². The fourth-order valence-electron chi connectivity index (χ4n) is 3.23. The molecule has 4 rings (SSSR count). The number of amides is 1. The number of rotatable bonds is 5. The molecule has 0 spiro atoms. The Morgan fingerprint density at radius 1 is 1.19 bits per heavy atom. The average molecular weight is 480 g/mol. The number of nitrogens with zero attached hydrogens (tertiary/aromatic N) is 4. The van der Waals surface area contributed by atoms with E-state index >= 15 is 0 Å². The van der Waals surface area contributed by atoms with Crippen LogP contribution in [0.1, 0.15) is 15.2 Å². The van der Waals surface area contributed by atoms with Crippen LogP contribution in [0.15, 0.2) is 30.5 Å². The summed E-state index contributed by atoms with van der Waals surface area (Å²) < 4.78 is 33.1. The van der Waals surface area contributed by atoms with Crippen molar-refractivity contribution >= 4 is 34.7 Å². The largest absolute Gasteiger partial charge is 0.472 e. The van der Waals surface area contributed by atoms with Crippen molar-refractivity contribution < 1.29 is 18.3 Å². The maximum atomic E-state index is 14.0. The number of aromatic nitrogens is 2. The Hall–Kier alpha value is -2.82. The van der Waals surface area contributed by atoms with E-state index in [2.05, 4.69) is 14.9 Å². The van der Waals surface area contributed by atoms with Gasteiger partial charge in [-0.05, 0) is 31.3 Å². The summed E-state index contributed by atoms with van der Waals surface area (Å²) in [6.45, 7) is 2.67. The highest BCUT2D eigenvalue weighted by Gasteiger charge is 2.23. The van der Waals surface area contributed by atoms with Crippen LogP contribution in [0.2, 0.25) is 5.02 Å². The van der Waals surface area contributed by atoms with E-state index in [0.29, 0.717) is 28.5 Å². The average Bonchev–Trinajstić information content (AvgIpc) is 3.27. The molecule has 0 bridgehead atoms. The van der Waals surface area contributed by atoms with Gasteiger partial charge >= 0.3 is 0 Å². The molecule has 32 heavy (non-hydrogen) atoms. The number of hydrogen-bond donors (Lipinski definition) is 1. The molecule has 2 aromatic heterocycles. The predicted molar refractivity (Wildman–Crippen MR) is 119 cm³/mol. The van der Waals surface area contributed by atoms with E-state index in [1.807, 2.05) is 11.9 Å². The highest BCUT2D eigenvalue weighted by atomic mass is 35.5. The quantitative estimate of drug-likeness (QED) is 0.562. The molecule has 168 valence electrons. The summed E-state index contributed by atoms with van der Waals surface area (Å²) in [4.78, 5) is 26.4. The molecular formula is C21H20ClF2N5O2S. The van der Waals surface area contributed by atoms with Crippen LogP contribution in [-0.4, -0.2) is 58.9 Å². The maximum Gasteiger partial charge on any atom is 0.264 e. The molecule has 3 heterocycles. The van der Waals surface area contributed by atoms with Gasteiger partial charge in [0.1, 0.15) is 23.9 Å². The van der Waals surface area contributed by atoms with Gasteiger partial charge in [0.05, 0.1) is 21.0 Å². The van der Waals surface area contributed by atoms with Crippen molar-refractivity contribution in [2.75, 3.05) is 39.0 Å². The summed E-state index contributed by atoms with van der Waals surface area (Å²) in [7, 11) is 2.03. The number of likely N-dealkylation sites (N-methyl/N-ethyl adjacent to an activating group) is 1. The Morgan fingerprint density at radius 3 is 2.66 bits per heavy atom. The molecule has 1 aliphatic heterocycles. The third-order valence-corrected chi connectivity index (χ3v) is 6.61. The van der Waals surface area contributed by atoms with Crippen LogP contribution in [-0.2, 0) is 6.61 Å². The number of hydrogen-bond acceptors (Lipinski definition) is 7. The number of nitrogen functional groups attached to an aromatic ring is 1. The first-order chi connectivity index (χ1) is 15.3. The van der Waals surface area contributed by atoms with Crippen LogP contribution in [0.4, 0.5) is 14.6 Å². The van der Waals surface area contributed by atoms with Crippen molar-refractivity contribution in [2.24, 2.45) is 0 Å². The molecule has 1 aliphatic rings. The predicted octanol–water partition coefficient (Wildman–Crippen LogP) is 3.69. The highest BCUT2D eigenvalue weighted by molar-refractivity contribution is 7.17. The molecule has 0 radical (unpaired) electrons. The molecule has 0 saturated carbocycles. The molecule has 0 unspecified atom stereocenters. The van der Waals surface area contributed by atoms with Gasteiger partial charge in [-0.2, -0.15) is 0 Å². The van der Waals surface area contributed by atoms with E-state index in [1.54, 1.807) is 12.1 Å². The minimum Gasteiger partial charge on any atom is -0.472 e. The fourth-order valence-corrected chi connectivity index (χ4v) is 4.41. The first-order valence-corrected chi connectivity index (χ1v) is 11.0. The smallest absolute Gasteiger partial charge is 0.264 e. The number of nitrogens with two attached hydrogens (primary N) is 1. The summed E-state index contributed by atoms with van der Waals surface area (Å²) >= 11 is 7.09. The first kappa shape index (κ1) is 22.4. The van der Waals surface area contributed by atoms with E-state index in [-0.39, 0.29) is 34.8 Å². The lowest BCUT2D eigenvalue weighted by Crippen LogP contribution is -2.46. The Morgan fingerprint density at radius 2 is 1.91 bits per heavy atom. The Labute approximate surface area is 192 Å². The van der Waals surface area contributed by atoms with Gasteiger partial charge in [-0.1, -0.05) is 11.6 Å². The lowest BCUT2D eigenvalue weighted by molar-refractivity contribution is 0.0669. The summed E-state index contributed by atoms with van der Waals surface area (Å²) in [5, 5.41) is -0.348. The zero-order valence-electron chi connectivity index (χ0n) is 17.1. The second-order valence-corrected chi connectivity index (χ2v) is 8.77. The summed E-state index contributed by atoms with van der Waals surface area (Å²) in [5.41, 5.74) is 6.21. The molecule has 3 aromatic rings. The van der Waals surface area contributed by atoms with Gasteiger partial charge in [-0.15, -0.1) is 11.3 Å². The van der Waals surface area contributed by atoms with Gasteiger partial charge in [-0.3, -0.25) is 4.79 Å². The summed E-state index contributed by atoms with van der Waals surface area (Å²) in [6.07, 6.45) is 1.29. The monoisotopic (exact) mass is 479 g/mol. The van der Waals surface area contributed by atoms with E-state index in [0.717, 1.165) is 25.2 Å². The number of thiophene rings is 1. The lowest BCUT2D eigenvalue weighted by Gasteiger charge is -2.32. The van der Waals surface area contributed by atoms with Gasteiger partial charge in [0.25, 0.3) is 5.91 Å². The molecular weight excluding hydrogens is 460 g/mol. The highest BCUT2D eigenvalue weighted by Crippen LogP contribution is 2.32. The SMILES string of the molecule is CN1CCN(C(=O)c2ccc(-c3nc(OCc4c(F)ccc(F)c4Cl)cnc3N)s2)CC1. The van der Waals surface area contributed by atoms with Gasteiger partial charge < -0.3 is 20.3 Å². The zero-order chi connectivity index (χ0) is 22.8. The summed E-state index contributed by atoms with van der Waals surface area (Å²) in [6, 6.07) is 5.41. The standard InChI is InChI=1S/C21H20ClF2N5O2S/c1-28-6-8-29(9-7-28)21(30)16-5-4-15(32-16)19-20(25)26-10-17(27-19)31-11-12-13(23)2-3-14(24)18(12)22/h2-5,10H,6-9,11H2,1H3,(H2,25,26). The maximum absolute atomic E-state index is 14.0. The minimum atomic E-state index is -0.744. The van der Waals surface area contributed by atoms with Crippen molar-refractivity contribution in [3.05, 3.63) is 57.6 Å². The van der Waals surface area contributed by atoms with Crippen molar-refractivity contribution in [1.82, 2.24) is 19.8 Å². The lowest BCUT2D eigenvalue weighted by atomic mass is 10.2. The third-order valence-electron chi connectivity index (χ3n) is 5.12. The molecule has 2 N–H and O–H groups in total. The number of carbonyl (C=O) groups is 1. The second kappa shape index (κ2) is 9.35. The number of carbonyl (C=O) groups excluding carboxylic acids is 1. The van der Waals surface area contributed by atoms with Crippen molar-refractivity contribution in [2.45, 2.75) is 6.61 Å². The number of ether oxygens (including phenoxy) is 1. The fraction of sp³-hybridized carbons (Fsp3) is 0.286. The Bertz CT molecular complexity index is 1150. The van der Waals surface area contributed by atoms with E-state index in [9.17, 15) is 13.6 Å². The third kappa shape index (κ3) is 4.67. The first-order valence-electron chi connectivity index (χ1n) is 9.79. The Kier molecular flexibility index (Phi) is 6.54. The van der Waals surface area contributed by atoms with Crippen LogP contribution in [0.5, 0.6) is 5.88 Å². The molecule has 7 nitrogen and oxygen atoms in total.